The number of nitrogens with zero attached hydrogens (tertiary/aromatic N) is 2. The second-order valence-electron chi connectivity index (χ2n) is 48.7. The Labute approximate surface area is 753 Å². The Morgan fingerprint density at radius 3 is 0.605 bits per heavy atom. The zero-order chi connectivity index (χ0) is 88.9. The minimum absolute atomic E-state index is 0.0999. The van der Waals surface area contributed by atoms with Crippen LogP contribution in [0.3, 0.4) is 0 Å². The van der Waals surface area contributed by atoms with Crippen LogP contribution in [0.2, 0.25) is 0 Å². The molecule has 11 aromatic carbocycles. The third kappa shape index (κ3) is 19.8. The minimum Gasteiger partial charge on any atom is -0.309 e. The van der Waals surface area contributed by atoms with Gasteiger partial charge in [0.15, 0.2) is 0 Å². The maximum atomic E-state index is 2.88. The van der Waals surface area contributed by atoms with E-state index in [2.05, 4.69) is 385 Å². The molecule has 4 aliphatic rings. The molecule has 0 spiro atoms. The summed E-state index contributed by atoms with van der Waals surface area (Å²) >= 11 is 0. The Morgan fingerprint density at radius 1 is 0.177 bits per heavy atom. The van der Waals surface area contributed by atoms with Gasteiger partial charge in [-0.1, -0.05) is 385 Å². The molecule has 2 heteroatoms. The molecule has 0 aliphatic heterocycles. The molecule has 2 nitrogen and oxygen atoms in total. The maximum absolute atomic E-state index is 2.88. The van der Waals surface area contributed by atoms with E-state index < -0.39 is 0 Å². The van der Waals surface area contributed by atoms with Gasteiger partial charge in [0, 0.05) is 44.3 Å². The molecule has 0 saturated heterocycles. The SMILES string of the molecule is CC(C)(C)c1cc(-c2cc(-c3cc(C(C)(C)C)cc(C(C)(C)C)c3)cc(N(c3cc(C4CCCCC4)cc(C4CCCCC4)c3)c3c4ccccc4c(N(c4cc(-c5cc(C(C)(C)C)cc(C(C)(C)C)c5)cc(-c5cc(C(C)(C)C)cc(C(C)(C)C)c5)c4)c4cc(C5CCCCC5)cc(C5CCCCC5)c4)c4cc(C(C)(C)C)ccc34)c2)cc(C(C)(C)C)c1. The number of anilines is 6. The molecule has 0 bridgehead atoms. The van der Waals surface area contributed by atoms with Crippen molar-refractivity contribution in [3.05, 3.63) is 260 Å². The molecular formula is C122H156N2. The molecule has 124 heavy (non-hydrogen) atoms. The van der Waals surface area contributed by atoms with Crippen molar-refractivity contribution in [3.8, 4) is 44.5 Å². The van der Waals surface area contributed by atoms with Crippen LogP contribution in [-0.2, 0) is 48.7 Å². The molecule has 0 amide bonds. The highest BCUT2D eigenvalue weighted by Crippen LogP contribution is 2.57. The average molecular weight is 1650 g/mol. The number of hydrogen-bond donors (Lipinski definition) is 0. The fraction of sp³-hybridized carbons (Fsp3) is 0.492. The minimum atomic E-state index is -0.205. The molecule has 0 aromatic heterocycles. The lowest BCUT2D eigenvalue weighted by Gasteiger charge is -2.36. The van der Waals surface area contributed by atoms with Crippen molar-refractivity contribution in [2.24, 2.45) is 0 Å². The summed E-state index contributed by atoms with van der Waals surface area (Å²) in [7, 11) is 0. The van der Waals surface area contributed by atoms with E-state index in [1.807, 2.05) is 0 Å². The van der Waals surface area contributed by atoms with Gasteiger partial charge in [-0.15, -0.1) is 0 Å². The lowest BCUT2D eigenvalue weighted by molar-refractivity contribution is 0.435. The van der Waals surface area contributed by atoms with E-state index >= 15 is 0 Å². The first-order valence-corrected chi connectivity index (χ1v) is 48.9. The van der Waals surface area contributed by atoms with Gasteiger partial charge >= 0.3 is 0 Å². The summed E-state index contributed by atoms with van der Waals surface area (Å²) in [6, 6.07) is 80.4. The largest absolute Gasteiger partial charge is 0.309 e. The molecule has 4 saturated carbocycles. The number of benzene rings is 11. The van der Waals surface area contributed by atoms with Gasteiger partial charge in [0.05, 0.1) is 11.4 Å². The molecular weight excluding hydrogens is 1490 g/mol. The molecule has 0 heterocycles. The highest BCUT2D eigenvalue weighted by Gasteiger charge is 2.36. The topological polar surface area (TPSA) is 6.48 Å². The monoisotopic (exact) mass is 1650 g/mol. The fourth-order valence-electron chi connectivity index (χ4n) is 20.9. The summed E-state index contributed by atoms with van der Waals surface area (Å²) in [6.45, 7) is 65.1. The highest BCUT2D eigenvalue weighted by atomic mass is 15.2. The zero-order valence-corrected chi connectivity index (χ0v) is 82.2. The van der Waals surface area contributed by atoms with Crippen LogP contribution in [-0.4, -0.2) is 0 Å². The lowest BCUT2D eigenvalue weighted by Crippen LogP contribution is -2.18. The summed E-state index contributed by atoms with van der Waals surface area (Å²) < 4.78 is 0. The van der Waals surface area contributed by atoms with Gasteiger partial charge in [-0.3, -0.25) is 0 Å². The van der Waals surface area contributed by atoms with Crippen LogP contribution in [0.5, 0.6) is 0 Å². The standard InChI is InChI=1S/C122H156N2/c1-114(2,3)95-52-53-110-111(78-95)113(124(105-68-85(81-46-36-30-37-47-81)55-86(69-105)82-48-38-31-39-49-82)107-72-89(93-62-100(119(16,17)18)76-101(63-93)120(19,20)21)57-90(73-107)94-64-102(121(22,23)24)77-103(65-94)122(25,26)27)109-51-41-40-50-108(109)112(110)123(104-66-83(79-42-32-28-33-43-79)54-84(67-104)80-44-34-29-35-45-80)106-70-87(91-58-96(115(4,5)6)74-97(59-91)116(7,8)9)56-88(71-106)92-60-98(117(10,11)12)75-99(61-92)118(13,14)15/h40-41,50-82H,28-39,42-49H2,1-27H3. The van der Waals surface area contributed by atoms with Crippen molar-refractivity contribution in [1.29, 1.82) is 0 Å². The summed E-state index contributed by atoms with van der Waals surface area (Å²) in [6.07, 6.45) is 25.3. The lowest BCUT2D eigenvalue weighted by atomic mass is 9.78. The first-order chi connectivity index (χ1) is 58.1. The van der Waals surface area contributed by atoms with Crippen molar-refractivity contribution < 1.29 is 0 Å². The van der Waals surface area contributed by atoms with Crippen molar-refractivity contribution >= 4 is 55.7 Å². The van der Waals surface area contributed by atoms with Crippen LogP contribution < -0.4 is 9.80 Å². The van der Waals surface area contributed by atoms with Crippen molar-refractivity contribution in [2.45, 2.75) is 388 Å². The van der Waals surface area contributed by atoms with Gasteiger partial charge in [0.2, 0.25) is 0 Å². The smallest absolute Gasteiger partial charge is 0.0620 e. The van der Waals surface area contributed by atoms with Gasteiger partial charge in [0.1, 0.15) is 0 Å². The van der Waals surface area contributed by atoms with Gasteiger partial charge in [-0.05, 0) is 307 Å². The van der Waals surface area contributed by atoms with E-state index in [-0.39, 0.29) is 48.7 Å². The first kappa shape index (κ1) is 90.3. The second-order valence-corrected chi connectivity index (χ2v) is 48.7. The predicted molar refractivity (Wildman–Crippen MR) is 544 cm³/mol. The molecule has 0 N–H and O–H groups in total. The third-order valence-corrected chi connectivity index (χ3v) is 29.4. The highest BCUT2D eigenvalue weighted by molar-refractivity contribution is 6.24. The first-order valence-electron chi connectivity index (χ1n) is 48.9. The van der Waals surface area contributed by atoms with E-state index in [1.165, 1.54) is 301 Å². The van der Waals surface area contributed by atoms with Crippen molar-refractivity contribution in [3.63, 3.8) is 0 Å². The van der Waals surface area contributed by atoms with Gasteiger partial charge < -0.3 is 9.80 Å². The summed E-state index contributed by atoms with van der Waals surface area (Å²) in [5.41, 5.74) is 34.7. The Hall–Kier alpha value is -8.46. The van der Waals surface area contributed by atoms with Crippen molar-refractivity contribution in [1.82, 2.24) is 0 Å². The molecule has 0 radical (unpaired) electrons. The third-order valence-electron chi connectivity index (χ3n) is 29.4. The molecule has 0 unspecified atom stereocenters. The van der Waals surface area contributed by atoms with E-state index in [1.54, 1.807) is 0 Å². The number of rotatable bonds is 14. The Bertz CT molecular complexity index is 5320. The van der Waals surface area contributed by atoms with Crippen LogP contribution in [0.15, 0.2) is 188 Å². The van der Waals surface area contributed by atoms with Crippen LogP contribution in [0.4, 0.5) is 34.1 Å². The van der Waals surface area contributed by atoms with E-state index in [9.17, 15) is 0 Å². The van der Waals surface area contributed by atoms with E-state index in [0.29, 0.717) is 23.7 Å². The molecule has 15 rings (SSSR count). The van der Waals surface area contributed by atoms with E-state index in [4.69, 9.17) is 0 Å². The number of hydrogen-bond acceptors (Lipinski definition) is 2. The maximum Gasteiger partial charge on any atom is 0.0620 e. The normalized spacial score (nSPS) is 16.5. The zero-order valence-electron chi connectivity index (χ0n) is 82.2. The summed E-state index contributed by atoms with van der Waals surface area (Å²) in [4.78, 5) is 5.74. The van der Waals surface area contributed by atoms with Crippen LogP contribution in [0, 0.1) is 0 Å². The molecule has 0 atom stereocenters. The molecule has 654 valence electrons. The Balaban J connectivity index is 1.15. The van der Waals surface area contributed by atoms with Gasteiger partial charge in [-0.25, -0.2) is 0 Å². The van der Waals surface area contributed by atoms with Crippen molar-refractivity contribution in [2.75, 3.05) is 9.80 Å². The quantitative estimate of drug-likeness (QED) is 0.0791. The Kier molecular flexibility index (Phi) is 25.0. The van der Waals surface area contributed by atoms with Gasteiger partial charge in [-0.2, -0.15) is 0 Å². The molecule has 4 aliphatic carbocycles. The second kappa shape index (κ2) is 34.3. The summed E-state index contributed by atoms with van der Waals surface area (Å²) in [5, 5.41) is 5.01. The number of fused-ring (bicyclic) bond motifs is 2. The average Bonchev–Trinajstić information content (AvgIpc) is 0.711. The Morgan fingerprint density at radius 2 is 0.379 bits per heavy atom. The summed E-state index contributed by atoms with van der Waals surface area (Å²) in [5.74, 6) is 1.94. The fourth-order valence-corrected chi connectivity index (χ4v) is 20.9. The van der Waals surface area contributed by atoms with Crippen LogP contribution in [0.25, 0.3) is 66.1 Å². The molecule has 11 aromatic rings. The predicted octanol–water partition coefficient (Wildman–Crippen LogP) is 37.5. The van der Waals surface area contributed by atoms with E-state index in [0.717, 1.165) is 0 Å². The van der Waals surface area contributed by atoms with Gasteiger partial charge in [0.25, 0.3) is 0 Å². The van der Waals surface area contributed by atoms with Crippen LogP contribution >= 0.6 is 0 Å². The molecule has 4 fully saturated rings. The van der Waals surface area contributed by atoms with Crippen LogP contribution in [0.1, 0.15) is 411 Å².